The van der Waals surface area contributed by atoms with Crippen LogP contribution in [-0.2, 0) is 11.2 Å². The van der Waals surface area contributed by atoms with Crippen LogP contribution in [0.4, 0.5) is 4.39 Å². The van der Waals surface area contributed by atoms with Crippen molar-refractivity contribution in [3.63, 3.8) is 0 Å². The molecular weight excluding hydrogens is 291 g/mol. The van der Waals surface area contributed by atoms with Crippen molar-refractivity contribution in [1.29, 1.82) is 0 Å². The molecule has 1 aromatic rings. The van der Waals surface area contributed by atoms with Gasteiger partial charge >= 0.3 is 0 Å². The highest BCUT2D eigenvalue weighted by Crippen LogP contribution is 2.26. The van der Waals surface area contributed by atoms with Gasteiger partial charge in [0.2, 0.25) is 5.91 Å². The number of benzene rings is 1. The average molecular weight is 318 g/mol. The average Bonchev–Trinajstić information content (AvgIpc) is 3.08. The number of carbonyl (C=O) groups is 1. The predicted octanol–water partition coefficient (Wildman–Crippen LogP) is 3.28. The van der Waals surface area contributed by atoms with Gasteiger partial charge in [0.05, 0.1) is 0 Å². The molecule has 1 aromatic carbocycles. The lowest BCUT2D eigenvalue weighted by molar-refractivity contribution is -0.122. The van der Waals surface area contributed by atoms with Gasteiger partial charge in [-0.05, 0) is 49.8 Å². The molecule has 0 bridgehead atoms. The molecule has 1 N–H and O–H groups in total. The normalized spacial score (nSPS) is 20.7. The number of rotatable bonds is 5. The Kier molecular flexibility index (Phi) is 5.65. The summed E-state index contributed by atoms with van der Waals surface area (Å²) in [6, 6.07) is 7.61. The third-order valence-corrected chi connectivity index (χ3v) is 5.27. The monoisotopic (exact) mass is 318 g/mol. The molecule has 126 valence electrons. The Morgan fingerprint density at radius 2 is 1.91 bits per heavy atom. The first-order valence-electron chi connectivity index (χ1n) is 8.98. The molecule has 1 saturated carbocycles. The molecule has 0 atom stereocenters. The summed E-state index contributed by atoms with van der Waals surface area (Å²) in [5.74, 6) is -0.143. The van der Waals surface area contributed by atoms with Crippen LogP contribution in [0, 0.1) is 5.82 Å². The van der Waals surface area contributed by atoms with E-state index in [0.29, 0.717) is 18.9 Å². The highest BCUT2D eigenvalue weighted by atomic mass is 19.1. The zero-order valence-corrected chi connectivity index (χ0v) is 13.8. The largest absolute Gasteiger partial charge is 0.353 e. The van der Waals surface area contributed by atoms with Crippen molar-refractivity contribution >= 4 is 5.91 Å². The highest BCUT2D eigenvalue weighted by Gasteiger charge is 2.27. The lowest BCUT2D eigenvalue weighted by atomic mass is 10.0. The smallest absolute Gasteiger partial charge is 0.220 e. The molecule has 0 aromatic heterocycles. The minimum Gasteiger partial charge on any atom is -0.353 e. The molecule has 1 saturated heterocycles. The summed E-state index contributed by atoms with van der Waals surface area (Å²) in [7, 11) is 0. The number of nitrogens with one attached hydrogen (secondary N) is 1. The Balaban J connectivity index is 1.37. The number of aryl methyl sites for hydroxylation is 1. The van der Waals surface area contributed by atoms with E-state index >= 15 is 0 Å². The standard InChI is InChI=1S/C19H27FN2O/c20-16-5-3-4-15(14-16)8-9-19(23)21-17-10-12-22(13-11-17)18-6-1-2-7-18/h3-5,14,17-18H,1-2,6-13H2,(H,21,23). The summed E-state index contributed by atoms with van der Waals surface area (Å²) < 4.78 is 13.1. The van der Waals surface area contributed by atoms with E-state index in [1.165, 1.54) is 37.8 Å². The van der Waals surface area contributed by atoms with E-state index < -0.39 is 0 Å². The van der Waals surface area contributed by atoms with E-state index in [2.05, 4.69) is 10.2 Å². The molecule has 3 rings (SSSR count). The molecule has 0 unspecified atom stereocenters. The topological polar surface area (TPSA) is 32.3 Å². The van der Waals surface area contributed by atoms with Gasteiger partial charge in [0.25, 0.3) is 0 Å². The summed E-state index contributed by atoms with van der Waals surface area (Å²) in [5.41, 5.74) is 0.885. The Bertz CT molecular complexity index is 520. The van der Waals surface area contributed by atoms with Crippen LogP contribution in [-0.4, -0.2) is 36.0 Å². The van der Waals surface area contributed by atoms with Gasteiger partial charge < -0.3 is 10.2 Å². The second kappa shape index (κ2) is 7.91. The summed E-state index contributed by atoms with van der Waals surface area (Å²) in [4.78, 5) is 14.7. The van der Waals surface area contributed by atoms with E-state index in [4.69, 9.17) is 0 Å². The summed E-state index contributed by atoms with van der Waals surface area (Å²) >= 11 is 0. The van der Waals surface area contributed by atoms with Crippen LogP contribution in [0.3, 0.4) is 0 Å². The van der Waals surface area contributed by atoms with Crippen molar-refractivity contribution in [1.82, 2.24) is 10.2 Å². The summed E-state index contributed by atoms with van der Waals surface area (Å²) in [6.45, 7) is 2.22. The summed E-state index contributed by atoms with van der Waals surface area (Å²) in [6.07, 6.45) is 8.61. The third kappa shape index (κ3) is 4.77. The van der Waals surface area contributed by atoms with Gasteiger partial charge in [0.15, 0.2) is 0 Å². The minimum atomic E-state index is -0.234. The quantitative estimate of drug-likeness (QED) is 0.903. The molecule has 1 heterocycles. The number of hydrogen-bond donors (Lipinski definition) is 1. The number of likely N-dealkylation sites (tertiary alicyclic amines) is 1. The zero-order chi connectivity index (χ0) is 16.1. The first kappa shape index (κ1) is 16.4. The number of hydrogen-bond acceptors (Lipinski definition) is 2. The second-order valence-electron chi connectivity index (χ2n) is 6.95. The van der Waals surface area contributed by atoms with Crippen molar-refractivity contribution < 1.29 is 9.18 Å². The van der Waals surface area contributed by atoms with Gasteiger partial charge in [0.1, 0.15) is 5.82 Å². The maximum Gasteiger partial charge on any atom is 0.220 e. The van der Waals surface area contributed by atoms with Crippen molar-refractivity contribution in [2.45, 2.75) is 63.5 Å². The molecule has 0 radical (unpaired) electrons. The predicted molar refractivity (Wildman–Crippen MR) is 89.7 cm³/mol. The Morgan fingerprint density at radius 3 is 2.61 bits per heavy atom. The first-order valence-corrected chi connectivity index (χ1v) is 8.98. The van der Waals surface area contributed by atoms with Gasteiger partial charge in [-0.1, -0.05) is 25.0 Å². The van der Waals surface area contributed by atoms with E-state index in [1.54, 1.807) is 6.07 Å². The lowest BCUT2D eigenvalue weighted by Crippen LogP contribution is -2.47. The second-order valence-corrected chi connectivity index (χ2v) is 6.95. The Hall–Kier alpha value is -1.42. The molecule has 23 heavy (non-hydrogen) atoms. The molecule has 2 aliphatic rings. The van der Waals surface area contributed by atoms with Crippen LogP contribution < -0.4 is 5.32 Å². The van der Waals surface area contributed by atoms with Gasteiger partial charge in [-0.3, -0.25) is 4.79 Å². The summed E-state index contributed by atoms with van der Waals surface area (Å²) in [5, 5.41) is 3.16. The van der Waals surface area contributed by atoms with Crippen LogP contribution >= 0.6 is 0 Å². The third-order valence-electron chi connectivity index (χ3n) is 5.27. The SMILES string of the molecule is O=C(CCc1cccc(F)c1)NC1CCN(C2CCCC2)CC1. The van der Waals surface area contributed by atoms with E-state index in [9.17, 15) is 9.18 Å². The first-order chi connectivity index (χ1) is 11.2. The van der Waals surface area contributed by atoms with E-state index in [1.807, 2.05) is 6.07 Å². The highest BCUT2D eigenvalue weighted by molar-refractivity contribution is 5.76. The Labute approximate surface area is 138 Å². The molecule has 3 nitrogen and oxygen atoms in total. The van der Waals surface area contributed by atoms with Crippen molar-refractivity contribution in [3.05, 3.63) is 35.6 Å². The molecule has 1 amide bonds. The van der Waals surface area contributed by atoms with Gasteiger partial charge in [0, 0.05) is 31.6 Å². The Morgan fingerprint density at radius 1 is 1.17 bits per heavy atom. The molecule has 4 heteroatoms. The number of nitrogens with zero attached hydrogens (tertiary/aromatic N) is 1. The van der Waals surface area contributed by atoms with Crippen LogP contribution in [0.2, 0.25) is 0 Å². The molecular formula is C19H27FN2O. The fraction of sp³-hybridized carbons (Fsp3) is 0.632. The molecule has 1 aliphatic heterocycles. The number of carbonyl (C=O) groups excluding carboxylic acids is 1. The van der Waals surface area contributed by atoms with E-state index in [0.717, 1.165) is 37.5 Å². The van der Waals surface area contributed by atoms with Gasteiger partial charge in [-0.15, -0.1) is 0 Å². The fourth-order valence-electron chi connectivity index (χ4n) is 3.93. The van der Waals surface area contributed by atoms with Crippen LogP contribution in [0.5, 0.6) is 0 Å². The maximum atomic E-state index is 13.1. The van der Waals surface area contributed by atoms with Crippen molar-refractivity contribution in [3.8, 4) is 0 Å². The number of halogens is 1. The van der Waals surface area contributed by atoms with Crippen molar-refractivity contribution in [2.75, 3.05) is 13.1 Å². The van der Waals surface area contributed by atoms with Crippen LogP contribution in [0.15, 0.2) is 24.3 Å². The zero-order valence-electron chi connectivity index (χ0n) is 13.8. The molecule has 0 spiro atoms. The fourth-order valence-corrected chi connectivity index (χ4v) is 3.93. The number of amides is 1. The minimum absolute atomic E-state index is 0.0913. The van der Waals surface area contributed by atoms with Crippen molar-refractivity contribution in [2.24, 2.45) is 0 Å². The van der Waals surface area contributed by atoms with E-state index in [-0.39, 0.29) is 11.7 Å². The number of piperidine rings is 1. The van der Waals surface area contributed by atoms with Gasteiger partial charge in [-0.2, -0.15) is 0 Å². The molecule has 2 fully saturated rings. The lowest BCUT2D eigenvalue weighted by Gasteiger charge is -2.36. The van der Waals surface area contributed by atoms with Gasteiger partial charge in [-0.25, -0.2) is 4.39 Å². The molecule has 1 aliphatic carbocycles. The van der Waals surface area contributed by atoms with Crippen LogP contribution in [0.1, 0.15) is 50.5 Å². The van der Waals surface area contributed by atoms with Crippen LogP contribution in [0.25, 0.3) is 0 Å². The maximum absolute atomic E-state index is 13.1.